The van der Waals surface area contributed by atoms with E-state index in [1.165, 1.54) is 18.5 Å². The van der Waals surface area contributed by atoms with Gasteiger partial charge in [0.1, 0.15) is 0 Å². The summed E-state index contributed by atoms with van der Waals surface area (Å²) in [4.78, 5) is 37.6. The van der Waals surface area contributed by atoms with Gasteiger partial charge in [0.05, 0.1) is 17.2 Å². The van der Waals surface area contributed by atoms with Crippen LogP contribution >= 0.6 is 0 Å². The van der Waals surface area contributed by atoms with Crippen LogP contribution in [0.4, 0.5) is 0 Å². The van der Waals surface area contributed by atoms with Crippen molar-refractivity contribution in [1.82, 2.24) is 19.9 Å². The van der Waals surface area contributed by atoms with Crippen molar-refractivity contribution in [2.45, 2.75) is 18.9 Å². The number of carboxylic acids is 1. The standard InChI is InChI=1S/C15H14N4O3/c20-14(10-7-11(15(21)22)9-16-8-10)19-6-1-3-12(19)13-17-4-2-5-18-13/h2,4-5,7-9,12H,1,3,6H2,(H,21,22). The summed E-state index contributed by atoms with van der Waals surface area (Å²) in [6.45, 7) is 0.596. The summed E-state index contributed by atoms with van der Waals surface area (Å²) in [5.74, 6) is -0.743. The zero-order valence-corrected chi connectivity index (χ0v) is 11.7. The zero-order valence-electron chi connectivity index (χ0n) is 11.7. The van der Waals surface area contributed by atoms with Crippen LogP contribution in [0.5, 0.6) is 0 Å². The predicted molar refractivity (Wildman–Crippen MR) is 76.2 cm³/mol. The minimum atomic E-state index is -1.11. The maximum Gasteiger partial charge on any atom is 0.337 e. The lowest BCUT2D eigenvalue weighted by Crippen LogP contribution is -2.31. The van der Waals surface area contributed by atoms with Crippen molar-refractivity contribution in [1.29, 1.82) is 0 Å². The SMILES string of the molecule is O=C(O)c1cncc(C(=O)N2CCCC2c2ncccn2)c1. The van der Waals surface area contributed by atoms with Gasteiger partial charge in [-0.25, -0.2) is 14.8 Å². The molecule has 0 spiro atoms. The smallest absolute Gasteiger partial charge is 0.337 e. The molecule has 2 aromatic rings. The molecule has 2 aromatic heterocycles. The van der Waals surface area contributed by atoms with E-state index in [1.54, 1.807) is 23.4 Å². The molecule has 0 aliphatic carbocycles. The Bertz CT molecular complexity index is 705. The largest absolute Gasteiger partial charge is 0.478 e. The van der Waals surface area contributed by atoms with Crippen LogP contribution in [-0.4, -0.2) is 43.4 Å². The summed E-state index contributed by atoms with van der Waals surface area (Å²) in [5, 5.41) is 9.00. The molecule has 1 unspecified atom stereocenters. The third-order valence-corrected chi connectivity index (χ3v) is 3.63. The summed E-state index contributed by atoms with van der Waals surface area (Å²) >= 11 is 0. The Morgan fingerprint density at radius 3 is 2.64 bits per heavy atom. The van der Waals surface area contributed by atoms with E-state index in [1.807, 2.05) is 0 Å². The maximum absolute atomic E-state index is 12.6. The number of amides is 1. The number of carbonyl (C=O) groups is 2. The van der Waals surface area contributed by atoms with Gasteiger partial charge in [-0.3, -0.25) is 9.78 Å². The fraction of sp³-hybridized carbons (Fsp3) is 0.267. The number of aromatic carboxylic acids is 1. The highest BCUT2D eigenvalue weighted by molar-refractivity contribution is 5.97. The molecule has 3 heterocycles. The number of rotatable bonds is 3. The molecule has 1 amide bonds. The second-order valence-electron chi connectivity index (χ2n) is 5.03. The second-order valence-corrected chi connectivity index (χ2v) is 5.03. The molecule has 7 nitrogen and oxygen atoms in total. The van der Waals surface area contributed by atoms with Crippen LogP contribution in [0.1, 0.15) is 45.4 Å². The second kappa shape index (κ2) is 5.88. The number of hydrogen-bond donors (Lipinski definition) is 1. The van der Waals surface area contributed by atoms with Gasteiger partial charge in [-0.2, -0.15) is 0 Å². The Hall–Kier alpha value is -2.83. The van der Waals surface area contributed by atoms with E-state index in [2.05, 4.69) is 15.0 Å². The van der Waals surface area contributed by atoms with Gasteiger partial charge in [0, 0.05) is 31.3 Å². The molecule has 1 aliphatic heterocycles. The van der Waals surface area contributed by atoms with E-state index < -0.39 is 5.97 Å². The number of likely N-dealkylation sites (tertiary alicyclic amines) is 1. The first-order valence-electron chi connectivity index (χ1n) is 6.93. The number of carbonyl (C=O) groups excluding carboxylic acids is 1. The fourth-order valence-electron chi connectivity index (χ4n) is 2.60. The molecule has 3 rings (SSSR count). The van der Waals surface area contributed by atoms with Crippen LogP contribution in [0.15, 0.2) is 36.9 Å². The van der Waals surface area contributed by atoms with E-state index in [9.17, 15) is 9.59 Å². The normalized spacial score (nSPS) is 17.5. The Kier molecular flexibility index (Phi) is 3.78. The molecule has 1 N–H and O–H groups in total. The summed E-state index contributed by atoms with van der Waals surface area (Å²) < 4.78 is 0. The van der Waals surface area contributed by atoms with Crippen LogP contribution in [-0.2, 0) is 0 Å². The van der Waals surface area contributed by atoms with Gasteiger partial charge in [-0.15, -0.1) is 0 Å². The van der Waals surface area contributed by atoms with Crippen LogP contribution in [0.25, 0.3) is 0 Å². The van der Waals surface area contributed by atoms with Gasteiger partial charge in [-0.1, -0.05) is 0 Å². The molecular formula is C15H14N4O3. The minimum absolute atomic E-state index is 0.00226. The highest BCUT2D eigenvalue weighted by atomic mass is 16.4. The van der Waals surface area contributed by atoms with Crippen molar-refractivity contribution < 1.29 is 14.7 Å². The highest BCUT2D eigenvalue weighted by Crippen LogP contribution is 2.30. The van der Waals surface area contributed by atoms with Crippen molar-refractivity contribution in [3.05, 3.63) is 53.9 Å². The summed E-state index contributed by atoms with van der Waals surface area (Å²) in [5.41, 5.74) is 0.264. The van der Waals surface area contributed by atoms with Crippen LogP contribution in [0, 0.1) is 0 Å². The lowest BCUT2D eigenvalue weighted by molar-refractivity contribution is 0.0696. The molecule has 0 aromatic carbocycles. The molecule has 1 atom stereocenters. The number of carboxylic acid groups (broad SMARTS) is 1. The summed E-state index contributed by atoms with van der Waals surface area (Å²) in [6, 6.07) is 2.89. The van der Waals surface area contributed by atoms with Crippen molar-refractivity contribution in [3.63, 3.8) is 0 Å². The lowest BCUT2D eigenvalue weighted by atomic mass is 10.1. The average Bonchev–Trinajstić information content (AvgIpc) is 3.04. The molecule has 0 saturated carbocycles. The molecule has 22 heavy (non-hydrogen) atoms. The van der Waals surface area contributed by atoms with Gasteiger partial charge in [-0.05, 0) is 25.0 Å². The van der Waals surface area contributed by atoms with Gasteiger partial charge in [0.25, 0.3) is 5.91 Å². The van der Waals surface area contributed by atoms with E-state index >= 15 is 0 Å². The first-order chi connectivity index (χ1) is 10.7. The quantitative estimate of drug-likeness (QED) is 0.923. The third-order valence-electron chi connectivity index (χ3n) is 3.63. The monoisotopic (exact) mass is 298 g/mol. The summed E-state index contributed by atoms with van der Waals surface area (Å²) in [7, 11) is 0. The number of hydrogen-bond acceptors (Lipinski definition) is 5. The predicted octanol–water partition coefficient (Wildman–Crippen LogP) is 1.55. The Labute approximate surface area is 126 Å². The molecule has 112 valence electrons. The van der Waals surface area contributed by atoms with Gasteiger partial charge in [0.2, 0.25) is 0 Å². The maximum atomic E-state index is 12.6. The van der Waals surface area contributed by atoms with Gasteiger partial charge in [0.15, 0.2) is 5.82 Å². The molecule has 1 aliphatic rings. The molecule has 1 saturated heterocycles. The van der Waals surface area contributed by atoms with E-state index in [-0.39, 0.29) is 23.1 Å². The Morgan fingerprint density at radius 2 is 1.91 bits per heavy atom. The Balaban J connectivity index is 1.88. The molecule has 7 heteroatoms. The summed E-state index contributed by atoms with van der Waals surface area (Å²) in [6.07, 6.45) is 7.56. The van der Waals surface area contributed by atoms with Crippen LogP contribution in [0.3, 0.4) is 0 Å². The number of aromatic nitrogens is 3. The lowest BCUT2D eigenvalue weighted by Gasteiger charge is -2.23. The van der Waals surface area contributed by atoms with Crippen molar-refractivity contribution in [2.24, 2.45) is 0 Å². The van der Waals surface area contributed by atoms with Crippen molar-refractivity contribution in [2.75, 3.05) is 6.54 Å². The molecule has 1 fully saturated rings. The Morgan fingerprint density at radius 1 is 1.18 bits per heavy atom. The van der Waals surface area contributed by atoms with E-state index in [0.717, 1.165) is 12.8 Å². The first kappa shape index (κ1) is 14.1. The molecular weight excluding hydrogens is 284 g/mol. The first-order valence-corrected chi connectivity index (χ1v) is 6.93. The molecule has 0 bridgehead atoms. The molecule has 0 radical (unpaired) electrons. The minimum Gasteiger partial charge on any atom is -0.478 e. The van der Waals surface area contributed by atoms with Crippen molar-refractivity contribution >= 4 is 11.9 Å². The van der Waals surface area contributed by atoms with Gasteiger partial charge >= 0.3 is 5.97 Å². The van der Waals surface area contributed by atoms with Crippen molar-refractivity contribution in [3.8, 4) is 0 Å². The zero-order chi connectivity index (χ0) is 15.5. The van der Waals surface area contributed by atoms with Crippen LogP contribution in [0.2, 0.25) is 0 Å². The van der Waals surface area contributed by atoms with E-state index in [4.69, 9.17) is 5.11 Å². The third kappa shape index (κ3) is 2.65. The average molecular weight is 298 g/mol. The number of pyridine rings is 1. The highest BCUT2D eigenvalue weighted by Gasteiger charge is 2.32. The fourth-order valence-corrected chi connectivity index (χ4v) is 2.60. The topological polar surface area (TPSA) is 96.3 Å². The van der Waals surface area contributed by atoms with Crippen LogP contribution < -0.4 is 0 Å². The van der Waals surface area contributed by atoms with E-state index in [0.29, 0.717) is 12.4 Å². The van der Waals surface area contributed by atoms with Gasteiger partial charge < -0.3 is 10.0 Å². The number of nitrogens with zero attached hydrogens (tertiary/aromatic N) is 4.